The first-order valence-electron chi connectivity index (χ1n) is 12.6. The minimum Gasteiger partial charge on any atom is -0.352 e. The van der Waals surface area contributed by atoms with E-state index in [1.54, 1.807) is 6.07 Å². The van der Waals surface area contributed by atoms with Gasteiger partial charge in [0.15, 0.2) is 5.96 Å². The fourth-order valence-electron chi connectivity index (χ4n) is 4.67. The topological polar surface area (TPSA) is 68.8 Å². The molecule has 1 amide bonds. The van der Waals surface area contributed by atoms with E-state index in [4.69, 9.17) is 28.2 Å². The largest absolute Gasteiger partial charge is 0.352 e. The third kappa shape index (κ3) is 7.60. The molecule has 6 nitrogen and oxygen atoms in total. The Kier molecular flexibility index (Phi) is 9.30. The van der Waals surface area contributed by atoms with Crippen molar-refractivity contribution in [1.82, 2.24) is 15.5 Å². The van der Waals surface area contributed by atoms with Crippen LogP contribution < -0.4 is 16.0 Å². The molecule has 1 heterocycles. The number of hydrogen-bond donors (Lipinski definition) is 3. The van der Waals surface area contributed by atoms with Gasteiger partial charge in [0, 0.05) is 53.5 Å². The van der Waals surface area contributed by atoms with Gasteiger partial charge < -0.3 is 20.9 Å². The van der Waals surface area contributed by atoms with E-state index in [2.05, 4.69) is 27.8 Å². The van der Waals surface area contributed by atoms with Crippen LogP contribution in [-0.2, 0) is 6.42 Å². The van der Waals surface area contributed by atoms with Gasteiger partial charge in [-0.25, -0.2) is 4.99 Å². The predicted molar refractivity (Wildman–Crippen MR) is 146 cm³/mol. The van der Waals surface area contributed by atoms with Crippen molar-refractivity contribution in [3.63, 3.8) is 0 Å². The molecule has 1 saturated heterocycles. The van der Waals surface area contributed by atoms with Crippen LogP contribution in [0.2, 0.25) is 10.0 Å². The number of amides is 1. The second kappa shape index (κ2) is 12.6. The first-order chi connectivity index (χ1) is 17.0. The van der Waals surface area contributed by atoms with Crippen LogP contribution in [0.15, 0.2) is 47.5 Å². The molecule has 2 aliphatic rings. The van der Waals surface area contributed by atoms with Gasteiger partial charge in [-0.1, -0.05) is 48.5 Å². The molecule has 0 unspecified atom stereocenters. The van der Waals surface area contributed by atoms with Crippen LogP contribution in [0, 0.1) is 0 Å². The molecule has 1 aliphatic heterocycles. The molecule has 0 radical (unpaired) electrons. The fourth-order valence-corrected chi connectivity index (χ4v) is 5.17. The number of nitrogens with one attached hydrogen (secondary N) is 3. The minimum atomic E-state index is -0.103. The molecule has 3 N–H and O–H groups in total. The summed E-state index contributed by atoms with van der Waals surface area (Å²) in [4.78, 5) is 20.1. The van der Waals surface area contributed by atoms with Crippen LogP contribution in [0.5, 0.6) is 0 Å². The number of benzene rings is 2. The predicted octanol–water partition coefficient (Wildman–Crippen LogP) is 5.36. The van der Waals surface area contributed by atoms with E-state index in [9.17, 15) is 4.79 Å². The molecule has 2 aromatic rings. The van der Waals surface area contributed by atoms with E-state index in [0.717, 1.165) is 49.7 Å². The Labute approximate surface area is 218 Å². The summed E-state index contributed by atoms with van der Waals surface area (Å²) < 4.78 is 0. The van der Waals surface area contributed by atoms with Crippen molar-refractivity contribution in [1.29, 1.82) is 0 Å². The molecule has 8 heteroatoms. The maximum Gasteiger partial charge on any atom is 0.251 e. The highest BCUT2D eigenvalue weighted by molar-refractivity contribution is 6.35. The maximum absolute atomic E-state index is 12.6. The van der Waals surface area contributed by atoms with Crippen molar-refractivity contribution in [2.24, 2.45) is 4.99 Å². The van der Waals surface area contributed by atoms with Crippen LogP contribution in [0.25, 0.3) is 0 Å². The Hall–Kier alpha value is -2.28. The third-order valence-electron chi connectivity index (χ3n) is 6.65. The van der Waals surface area contributed by atoms with Crippen molar-refractivity contribution < 1.29 is 4.79 Å². The Morgan fingerprint density at radius 2 is 1.89 bits per heavy atom. The lowest BCUT2D eigenvalue weighted by atomic mass is 9.96. The Bertz CT molecular complexity index is 1020. The average Bonchev–Trinajstić information content (AvgIpc) is 2.86. The first kappa shape index (κ1) is 25.8. The van der Waals surface area contributed by atoms with Gasteiger partial charge in [0.25, 0.3) is 5.91 Å². The summed E-state index contributed by atoms with van der Waals surface area (Å²) in [7, 11) is 0. The number of piperazine rings is 1. The molecule has 35 heavy (non-hydrogen) atoms. The van der Waals surface area contributed by atoms with Crippen molar-refractivity contribution in [3.8, 4) is 0 Å². The molecular weight excluding hydrogens is 481 g/mol. The second-order valence-electron chi connectivity index (χ2n) is 9.49. The van der Waals surface area contributed by atoms with E-state index < -0.39 is 0 Å². The van der Waals surface area contributed by atoms with E-state index >= 15 is 0 Å². The van der Waals surface area contributed by atoms with E-state index in [1.807, 2.05) is 36.4 Å². The summed E-state index contributed by atoms with van der Waals surface area (Å²) in [5, 5.41) is 11.2. The number of nitrogens with zero attached hydrogens (tertiary/aromatic N) is 2. The minimum absolute atomic E-state index is 0.103. The van der Waals surface area contributed by atoms with Crippen LogP contribution in [-0.4, -0.2) is 55.0 Å². The number of hydrogen-bond acceptors (Lipinski definition) is 3. The summed E-state index contributed by atoms with van der Waals surface area (Å²) in [5.41, 5.74) is 2.53. The van der Waals surface area contributed by atoms with Crippen molar-refractivity contribution in [3.05, 3.63) is 63.6 Å². The normalized spacial score (nSPS) is 19.5. The van der Waals surface area contributed by atoms with Crippen molar-refractivity contribution in [2.75, 3.05) is 31.5 Å². The zero-order chi connectivity index (χ0) is 24.6. The number of anilines is 1. The smallest absolute Gasteiger partial charge is 0.251 e. The lowest BCUT2D eigenvalue weighted by Gasteiger charge is -2.35. The SMILES string of the molecule is C[C@H]1CN(C(=NC2CCCCC2)Nc2ccc(C(=O)NCCc3ccc(Cl)cc3Cl)cc2)CCN1. The highest BCUT2D eigenvalue weighted by Gasteiger charge is 2.21. The van der Waals surface area contributed by atoms with E-state index in [1.165, 1.54) is 19.3 Å². The van der Waals surface area contributed by atoms with Crippen LogP contribution in [0.1, 0.15) is 54.9 Å². The molecule has 4 rings (SSSR count). The molecule has 1 saturated carbocycles. The molecule has 0 aromatic heterocycles. The molecule has 0 spiro atoms. The monoisotopic (exact) mass is 515 g/mol. The number of rotatable bonds is 6. The van der Waals surface area contributed by atoms with Gasteiger partial charge in [0.05, 0.1) is 6.04 Å². The Balaban J connectivity index is 1.36. The lowest BCUT2D eigenvalue weighted by Crippen LogP contribution is -2.53. The number of aliphatic imine (C=N–C) groups is 1. The Morgan fingerprint density at radius 3 is 2.60 bits per heavy atom. The van der Waals surface area contributed by atoms with Crippen LogP contribution in [0.4, 0.5) is 5.69 Å². The van der Waals surface area contributed by atoms with Gasteiger partial charge >= 0.3 is 0 Å². The molecule has 2 aromatic carbocycles. The number of halogens is 2. The zero-order valence-electron chi connectivity index (χ0n) is 20.3. The quantitative estimate of drug-likeness (QED) is 0.357. The number of carbonyl (C=O) groups is 1. The highest BCUT2D eigenvalue weighted by Crippen LogP contribution is 2.22. The summed E-state index contributed by atoms with van der Waals surface area (Å²) >= 11 is 12.2. The maximum atomic E-state index is 12.6. The third-order valence-corrected chi connectivity index (χ3v) is 7.23. The highest BCUT2D eigenvalue weighted by atomic mass is 35.5. The van der Waals surface area contributed by atoms with Gasteiger partial charge in [-0.3, -0.25) is 4.79 Å². The fraction of sp³-hybridized carbons (Fsp3) is 0.481. The van der Waals surface area contributed by atoms with Crippen LogP contribution in [0.3, 0.4) is 0 Å². The van der Waals surface area contributed by atoms with Gasteiger partial charge in [-0.05, 0) is 68.1 Å². The first-order valence-corrected chi connectivity index (χ1v) is 13.4. The summed E-state index contributed by atoms with van der Waals surface area (Å²) in [6.07, 6.45) is 6.79. The zero-order valence-corrected chi connectivity index (χ0v) is 21.8. The van der Waals surface area contributed by atoms with Gasteiger partial charge in [-0.15, -0.1) is 0 Å². The standard InChI is InChI=1S/C27H35Cl2N5O/c1-19-18-34(16-15-30-19)27(32-23-5-3-2-4-6-23)33-24-11-8-21(9-12-24)26(35)31-14-13-20-7-10-22(28)17-25(20)29/h7-12,17,19,23,30H,2-6,13-16,18H2,1H3,(H,31,35)(H,32,33)/t19-/m0/s1. The van der Waals surface area contributed by atoms with E-state index in [-0.39, 0.29) is 5.91 Å². The summed E-state index contributed by atoms with van der Waals surface area (Å²) in [6, 6.07) is 13.8. The van der Waals surface area contributed by atoms with Crippen molar-refractivity contribution in [2.45, 2.75) is 57.5 Å². The van der Waals surface area contributed by atoms with Gasteiger partial charge in [-0.2, -0.15) is 0 Å². The van der Waals surface area contributed by atoms with Gasteiger partial charge in [0.2, 0.25) is 0 Å². The average molecular weight is 517 g/mol. The number of guanidine groups is 1. The molecular formula is C27H35Cl2N5O. The molecule has 1 aliphatic carbocycles. The molecule has 1 atom stereocenters. The lowest BCUT2D eigenvalue weighted by molar-refractivity contribution is 0.0954. The Morgan fingerprint density at radius 1 is 1.11 bits per heavy atom. The summed E-state index contributed by atoms with van der Waals surface area (Å²) in [6.45, 7) is 5.52. The van der Waals surface area contributed by atoms with Gasteiger partial charge in [0.1, 0.15) is 0 Å². The molecule has 188 valence electrons. The summed E-state index contributed by atoms with van der Waals surface area (Å²) in [5.74, 6) is 0.843. The molecule has 2 fully saturated rings. The number of carbonyl (C=O) groups excluding carboxylic acids is 1. The van der Waals surface area contributed by atoms with Crippen molar-refractivity contribution >= 4 is 40.8 Å². The van der Waals surface area contributed by atoms with Crippen LogP contribution >= 0.6 is 23.2 Å². The van der Waals surface area contributed by atoms with E-state index in [0.29, 0.717) is 40.7 Å². The second-order valence-corrected chi connectivity index (χ2v) is 10.3. The molecule has 0 bridgehead atoms.